The number of carbonyl (C=O) groups is 1. The Morgan fingerprint density at radius 2 is 1.47 bits per heavy atom. The van der Waals surface area contributed by atoms with E-state index < -0.39 is 0 Å². The van der Waals surface area contributed by atoms with E-state index in [4.69, 9.17) is 0 Å². The van der Waals surface area contributed by atoms with Gasteiger partial charge in [0, 0.05) is 11.8 Å². The monoisotopic (exact) mass is 249 g/mol. The van der Waals surface area contributed by atoms with Crippen LogP contribution >= 0.6 is 0 Å². The first-order valence-corrected chi connectivity index (χ1v) is 6.76. The molecular formula is C18H17O. The summed E-state index contributed by atoms with van der Waals surface area (Å²) in [6, 6.07) is 21.3. The Bertz CT molecular complexity index is 505. The van der Waals surface area contributed by atoms with Gasteiger partial charge in [-0.1, -0.05) is 60.7 Å². The number of aldehydes is 1. The van der Waals surface area contributed by atoms with Crippen LogP contribution in [0.2, 0.25) is 0 Å². The Kier molecular flexibility index (Phi) is 3.20. The predicted octanol–water partition coefficient (Wildman–Crippen LogP) is 3.79. The fourth-order valence-corrected chi connectivity index (χ4v) is 3.09. The standard InChI is InChI=1S/C18H17O/c19-13-7-12-17-14-18(17,15-8-3-1-4-9-15)16-10-5-2-6-11-16/h1-6,8-13,17H,7,14H2. The molecule has 1 unspecified atom stereocenters. The summed E-state index contributed by atoms with van der Waals surface area (Å²) in [6.45, 7) is 0. The molecule has 2 aromatic rings. The van der Waals surface area contributed by atoms with Crippen molar-refractivity contribution in [2.75, 3.05) is 0 Å². The summed E-state index contributed by atoms with van der Waals surface area (Å²) >= 11 is 0. The zero-order chi connectivity index (χ0) is 13.1. The summed E-state index contributed by atoms with van der Waals surface area (Å²) in [5.74, 6) is 0.475. The number of benzene rings is 2. The quantitative estimate of drug-likeness (QED) is 0.737. The van der Waals surface area contributed by atoms with Gasteiger partial charge >= 0.3 is 0 Å². The van der Waals surface area contributed by atoms with Crippen molar-refractivity contribution >= 4 is 6.29 Å². The Balaban J connectivity index is 1.97. The van der Waals surface area contributed by atoms with Crippen molar-refractivity contribution in [1.29, 1.82) is 0 Å². The molecule has 0 heterocycles. The lowest BCUT2D eigenvalue weighted by Crippen LogP contribution is -2.12. The molecule has 0 aromatic heterocycles. The molecule has 95 valence electrons. The second kappa shape index (κ2) is 5.00. The first kappa shape index (κ1) is 12.2. The van der Waals surface area contributed by atoms with Crippen LogP contribution in [-0.2, 0) is 10.2 Å². The van der Waals surface area contributed by atoms with Crippen LogP contribution in [0.5, 0.6) is 0 Å². The molecule has 0 aliphatic heterocycles. The lowest BCUT2D eigenvalue weighted by atomic mass is 9.85. The first-order chi connectivity index (χ1) is 9.38. The summed E-state index contributed by atoms with van der Waals surface area (Å²) < 4.78 is 0. The number of hydrogen-bond acceptors (Lipinski definition) is 1. The van der Waals surface area contributed by atoms with E-state index in [9.17, 15) is 4.79 Å². The zero-order valence-corrected chi connectivity index (χ0v) is 10.8. The molecule has 0 bridgehead atoms. The molecule has 1 radical (unpaired) electrons. The van der Waals surface area contributed by atoms with Gasteiger partial charge in [-0.15, -0.1) is 0 Å². The smallest absolute Gasteiger partial charge is 0.120 e. The van der Waals surface area contributed by atoms with E-state index >= 15 is 0 Å². The Morgan fingerprint density at radius 3 is 1.95 bits per heavy atom. The highest BCUT2D eigenvalue weighted by atomic mass is 16.1. The molecule has 1 aliphatic rings. The molecule has 0 spiro atoms. The van der Waals surface area contributed by atoms with Gasteiger partial charge in [0.2, 0.25) is 0 Å². The Morgan fingerprint density at radius 1 is 0.947 bits per heavy atom. The van der Waals surface area contributed by atoms with Crippen molar-refractivity contribution < 1.29 is 4.79 Å². The lowest BCUT2D eigenvalue weighted by molar-refractivity contribution is -0.107. The molecule has 1 aliphatic carbocycles. The zero-order valence-electron chi connectivity index (χ0n) is 10.8. The second-order valence-electron chi connectivity index (χ2n) is 5.15. The minimum atomic E-state index is 0.0888. The van der Waals surface area contributed by atoms with Crippen LogP contribution in [0.1, 0.15) is 24.0 Å². The molecular weight excluding hydrogens is 232 g/mol. The maximum absolute atomic E-state index is 10.6. The highest BCUT2D eigenvalue weighted by Gasteiger charge is 2.55. The second-order valence-corrected chi connectivity index (χ2v) is 5.15. The van der Waals surface area contributed by atoms with E-state index in [1.54, 1.807) is 0 Å². The summed E-state index contributed by atoms with van der Waals surface area (Å²) in [4.78, 5) is 10.6. The molecule has 0 amide bonds. The summed E-state index contributed by atoms with van der Waals surface area (Å²) in [7, 11) is 0. The summed E-state index contributed by atoms with van der Waals surface area (Å²) in [6.07, 6.45) is 4.80. The fraction of sp³-hybridized carbons (Fsp3) is 0.222. The largest absolute Gasteiger partial charge is 0.303 e. The van der Waals surface area contributed by atoms with Gasteiger partial charge in [-0.25, -0.2) is 0 Å². The van der Waals surface area contributed by atoms with E-state index in [0.29, 0.717) is 12.3 Å². The van der Waals surface area contributed by atoms with Gasteiger partial charge < -0.3 is 4.79 Å². The molecule has 3 rings (SSSR count). The van der Waals surface area contributed by atoms with Crippen LogP contribution < -0.4 is 0 Å². The highest BCUT2D eigenvalue weighted by Crippen LogP contribution is 2.60. The SMILES string of the molecule is O=CC[CH]C1CC1(c1ccccc1)c1ccccc1. The van der Waals surface area contributed by atoms with E-state index in [0.717, 1.165) is 12.7 Å². The third-order valence-corrected chi connectivity index (χ3v) is 4.11. The molecule has 1 saturated carbocycles. The molecule has 19 heavy (non-hydrogen) atoms. The van der Waals surface area contributed by atoms with Gasteiger partial charge in [-0.2, -0.15) is 0 Å². The topological polar surface area (TPSA) is 17.1 Å². The molecule has 0 saturated heterocycles. The van der Waals surface area contributed by atoms with Crippen LogP contribution in [0.4, 0.5) is 0 Å². The average Bonchev–Trinajstić information content (AvgIpc) is 3.23. The van der Waals surface area contributed by atoms with Crippen LogP contribution in [0, 0.1) is 12.3 Å². The molecule has 2 aromatic carbocycles. The number of rotatable bonds is 5. The van der Waals surface area contributed by atoms with Gasteiger partial charge in [-0.05, 0) is 29.9 Å². The molecule has 0 N–H and O–H groups in total. The van der Waals surface area contributed by atoms with Crippen molar-refractivity contribution in [3.8, 4) is 0 Å². The third kappa shape index (κ3) is 2.10. The first-order valence-electron chi connectivity index (χ1n) is 6.76. The fourth-order valence-electron chi connectivity index (χ4n) is 3.09. The summed E-state index contributed by atoms with van der Waals surface area (Å²) in [5, 5.41) is 0. The lowest BCUT2D eigenvalue weighted by Gasteiger charge is -2.18. The predicted molar refractivity (Wildman–Crippen MR) is 76.8 cm³/mol. The molecule has 1 nitrogen and oxygen atoms in total. The van der Waals surface area contributed by atoms with Gasteiger partial charge in [0.05, 0.1) is 0 Å². The molecule has 1 heteroatoms. The maximum atomic E-state index is 10.6. The van der Waals surface area contributed by atoms with Crippen molar-refractivity contribution in [3.05, 3.63) is 78.2 Å². The van der Waals surface area contributed by atoms with E-state index in [1.807, 2.05) is 0 Å². The molecule has 1 atom stereocenters. The average molecular weight is 249 g/mol. The van der Waals surface area contributed by atoms with Crippen molar-refractivity contribution in [3.63, 3.8) is 0 Å². The highest BCUT2D eigenvalue weighted by molar-refractivity contribution is 5.54. The van der Waals surface area contributed by atoms with E-state index in [-0.39, 0.29) is 5.41 Å². The van der Waals surface area contributed by atoms with Gasteiger partial charge in [0.1, 0.15) is 6.29 Å². The maximum Gasteiger partial charge on any atom is 0.120 e. The van der Waals surface area contributed by atoms with Crippen LogP contribution in [-0.4, -0.2) is 6.29 Å². The van der Waals surface area contributed by atoms with Gasteiger partial charge in [-0.3, -0.25) is 0 Å². The van der Waals surface area contributed by atoms with Crippen molar-refractivity contribution in [2.45, 2.75) is 18.3 Å². The summed E-state index contributed by atoms with van der Waals surface area (Å²) in [5.41, 5.74) is 2.80. The third-order valence-electron chi connectivity index (χ3n) is 4.11. The van der Waals surface area contributed by atoms with Gasteiger partial charge in [0.25, 0.3) is 0 Å². The van der Waals surface area contributed by atoms with Gasteiger partial charge in [0.15, 0.2) is 0 Å². The van der Waals surface area contributed by atoms with Crippen molar-refractivity contribution in [2.24, 2.45) is 5.92 Å². The minimum absolute atomic E-state index is 0.0888. The normalized spacial score (nSPS) is 19.9. The van der Waals surface area contributed by atoms with Crippen LogP contribution in [0.3, 0.4) is 0 Å². The Hall–Kier alpha value is -1.89. The van der Waals surface area contributed by atoms with Crippen LogP contribution in [0.15, 0.2) is 60.7 Å². The number of carbonyl (C=O) groups excluding carboxylic acids is 1. The van der Waals surface area contributed by atoms with Crippen molar-refractivity contribution in [1.82, 2.24) is 0 Å². The Labute approximate surface area is 114 Å². The van der Waals surface area contributed by atoms with E-state index in [1.165, 1.54) is 11.1 Å². The minimum Gasteiger partial charge on any atom is -0.303 e. The number of hydrogen-bond donors (Lipinski definition) is 0. The van der Waals surface area contributed by atoms with Crippen LogP contribution in [0.25, 0.3) is 0 Å². The van der Waals surface area contributed by atoms with E-state index in [2.05, 4.69) is 67.1 Å². The molecule has 1 fully saturated rings.